The largest absolute Gasteiger partial charge is 0.331 e. The molecule has 2 N–H and O–H groups in total. The molecule has 0 radical (unpaired) electrons. The predicted octanol–water partition coefficient (Wildman–Crippen LogP) is 6.36. The molecule has 1 heterocycles. The standard InChI is InChI=1S/C19H13Cl2F5N4S/c1-7-18(28-19(31)27-11-5-3-4-10(20)12(11)21)8(2)30(29-7)6-9-13(22)15(24)17(26)16(25)14(9)23/h3-5H,6H2,1-2H3,(H2,27,28,31). The molecule has 0 fully saturated rings. The summed E-state index contributed by atoms with van der Waals surface area (Å²) in [6, 6.07) is 4.91. The number of halogens is 7. The van der Waals surface area contributed by atoms with E-state index in [0.717, 1.165) is 4.68 Å². The Labute approximate surface area is 189 Å². The minimum atomic E-state index is -2.22. The van der Waals surface area contributed by atoms with Crippen LogP contribution < -0.4 is 10.6 Å². The van der Waals surface area contributed by atoms with Crippen LogP contribution in [0.4, 0.5) is 33.3 Å². The lowest BCUT2D eigenvalue weighted by molar-refractivity contribution is 0.366. The quantitative estimate of drug-likeness (QED) is 0.191. The first-order valence-electron chi connectivity index (χ1n) is 8.59. The van der Waals surface area contributed by atoms with Crippen LogP contribution in [0.5, 0.6) is 0 Å². The van der Waals surface area contributed by atoms with Crippen molar-refractivity contribution in [1.82, 2.24) is 9.78 Å². The minimum absolute atomic E-state index is 0.117. The molecule has 0 spiro atoms. The summed E-state index contributed by atoms with van der Waals surface area (Å²) in [5.74, 6) is -10.1. The molecule has 12 heteroatoms. The average molecular weight is 495 g/mol. The van der Waals surface area contributed by atoms with Crippen LogP contribution in [-0.2, 0) is 6.54 Å². The summed E-state index contributed by atoms with van der Waals surface area (Å²) < 4.78 is 69.4. The Morgan fingerprint density at radius 2 is 1.55 bits per heavy atom. The third-order valence-electron chi connectivity index (χ3n) is 4.43. The van der Waals surface area contributed by atoms with Gasteiger partial charge < -0.3 is 10.6 Å². The van der Waals surface area contributed by atoms with Crippen molar-refractivity contribution < 1.29 is 22.0 Å². The molecule has 0 saturated carbocycles. The molecule has 4 nitrogen and oxygen atoms in total. The zero-order valence-electron chi connectivity index (χ0n) is 15.9. The second-order valence-corrected chi connectivity index (χ2v) is 7.63. The summed E-state index contributed by atoms with van der Waals surface area (Å²) in [6.07, 6.45) is 0. The molecule has 0 bridgehead atoms. The smallest absolute Gasteiger partial charge is 0.200 e. The van der Waals surface area contributed by atoms with Gasteiger partial charge in [0.25, 0.3) is 0 Å². The summed E-state index contributed by atoms with van der Waals surface area (Å²) in [6.45, 7) is 2.45. The molecule has 3 rings (SSSR count). The van der Waals surface area contributed by atoms with Crippen molar-refractivity contribution >= 4 is 51.9 Å². The van der Waals surface area contributed by atoms with Gasteiger partial charge >= 0.3 is 0 Å². The number of aryl methyl sites for hydroxylation is 1. The van der Waals surface area contributed by atoms with Gasteiger partial charge in [0.05, 0.1) is 44.9 Å². The van der Waals surface area contributed by atoms with Gasteiger partial charge in [-0.15, -0.1) is 0 Å². The van der Waals surface area contributed by atoms with E-state index in [1.165, 1.54) is 0 Å². The summed E-state index contributed by atoms with van der Waals surface area (Å²) in [5, 5.41) is 10.5. The van der Waals surface area contributed by atoms with E-state index in [2.05, 4.69) is 15.7 Å². The molecule has 0 amide bonds. The van der Waals surface area contributed by atoms with Crippen LogP contribution in [0.15, 0.2) is 18.2 Å². The van der Waals surface area contributed by atoms with Gasteiger partial charge in [0.2, 0.25) is 5.82 Å². The number of hydrogen-bond acceptors (Lipinski definition) is 2. The van der Waals surface area contributed by atoms with Crippen molar-refractivity contribution in [2.45, 2.75) is 20.4 Å². The number of nitrogens with zero attached hydrogens (tertiary/aromatic N) is 2. The van der Waals surface area contributed by atoms with Crippen molar-refractivity contribution in [3.8, 4) is 0 Å². The Morgan fingerprint density at radius 3 is 2.16 bits per heavy atom. The van der Waals surface area contributed by atoms with E-state index in [9.17, 15) is 22.0 Å². The third-order valence-corrected chi connectivity index (χ3v) is 5.45. The molecule has 0 aliphatic rings. The first-order valence-corrected chi connectivity index (χ1v) is 9.75. The molecule has 2 aromatic carbocycles. The highest BCUT2D eigenvalue weighted by molar-refractivity contribution is 7.80. The van der Waals surface area contributed by atoms with Gasteiger partial charge in [-0.25, -0.2) is 22.0 Å². The van der Waals surface area contributed by atoms with E-state index < -0.39 is 41.2 Å². The molecule has 0 aliphatic heterocycles. The number of aromatic nitrogens is 2. The van der Waals surface area contributed by atoms with Gasteiger partial charge in [0.15, 0.2) is 28.4 Å². The average Bonchev–Trinajstić information content (AvgIpc) is 2.99. The fourth-order valence-electron chi connectivity index (χ4n) is 2.84. The zero-order chi connectivity index (χ0) is 23.0. The van der Waals surface area contributed by atoms with Gasteiger partial charge in [0, 0.05) is 0 Å². The predicted molar refractivity (Wildman–Crippen MR) is 113 cm³/mol. The summed E-state index contributed by atoms with van der Waals surface area (Å²) >= 11 is 17.3. The number of benzene rings is 2. The molecule has 31 heavy (non-hydrogen) atoms. The lowest BCUT2D eigenvalue weighted by Gasteiger charge is -2.13. The Kier molecular flexibility index (Phi) is 6.73. The molecule has 0 atom stereocenters. The highest BCUT2D eigenvalue weighted by atomic mass is 35.5. The van der Waals surface area contributed by atoms with E-state index in [1.807, 2.05) is 0 Å². The second-order valence-electron chi connectivity index (χ2n) is 6.43. The first kappa shape index (κ1) is 23.2. The number of nitrogens with one attached hydrogen (secondary N) is 2. The normalized spacial score (nSPS) is 11.0. The van der Waals surface area contributed by atoms with Crippen LogP contribution in [0, 0.1) is 42.9 Å². The fraction of sp³-hybridized carbons (Fsp3) is 0.158. The molecular formula is C19H13Cl2F5N4S. The Bertz CT molecular complexity index is 1170. The maximum absolute atomic E-state index is 14.0. The van der Waals surface area contributed by atoms with Gasteiger partial charge in [0.1, 0.15) is 0 Å². The van der Waals surface area contributed by atoms with E-state index in [1.54, 1.807) is 32.0 Å². The lowest BCUT2D eigenvalue weighted by Crippen LogP contribution is -2.20. The first-order chi connectivity index (χ1) is 14.5. The van der Waals surface area contributed by atoms with Crippen LogP contribution in [0.2, 0.25) is 10.0 Å². The van der Waals surface area contributed by atoms with Crippen molar-refractivity contribution in [3.05, 3.63) is 74.3 Å². The molecule has 164 valence electrons. The van der Waals surface area contributed by atoms with E-state index >= 15 is 0 Å². The van der Waals surface area contributed by atoms with E-state index in [0.29, 0.717) is 27.8 Å². The lowest BCUT2D eigenvalue weighted by atomic mass is 10.1. The summed E-state index contributed by atoms with van der Waals surface area (Å²) in [7, 11) is 0. The number of anilines is 2. The molecule has 3 aromatic rings. The monoisotopic (exact) mass is 494 g/mol. The number of rotatable bonds is 4. The van der Waals surface area contributed by atoms with Crippen molar-refractivity contribution in [2.75, 3.05) is 10.6 Å². The third kappa shape index (κ3) is 4.46. The highest BCUT2D eigenvalue weighted by Gasteiger charge is 2.26. The summed E-state index contributed by atoms with van der Waals surface area (Å²) in [5.41, 5.74) is 0.556. The highest BCUT2D eigenvalue weighted by Crippen LogP contribution is 2.30. The minimum Gasteiger partial charge on any atom is -0.331 e. The van der Waals surface area contributed by atoms with Crippen LogP contribution in [-0.4, -0.2) is 14.9 Å². The molecule has 1 aromatic heterocycles. The van der Waals surface area contributed by atoms with Gasteiger partial charge in [-0.3, -0.25) is 4.68 Å². The van der Waals surface area contributed by atoms with Crippen molar-refractivity contribution in [3.63, 3.8) is 0 Å². The molecular weight excluding hydrogens is 482 g/mol. The van der Waals surface area contributed by atoms with Gasteiger partial charge in [-0.05, 0) is 38.2 Å². The Morgan fingerprint density at radius 1 is 0.968 bits per heavy atom. The van der Waals surface area contributed by atoms with Crippen LogP contribution >= 0.6 is 35.4 Å². The van der Waals surface area contributed by atoms with Crippen molar-refractivity contribution in [2.24, 2.45) is 0 Å². The Hall–Kier alpha value is -2.43. The second kappa shape index (κ2) is 8.97. The maximum Gasteiger partial charge on any atom is 0.200 e. The maximum atomic E-state index is 14.0. The fourth-order valence-corrected chi connectivity index (χ4v) is 3.40. The SMILES string of the molecule is Cc1nn(Cc2c(F)c(F)c(F)c(F)c2F)c(C)c1NC(=S)Nc1cccc(Cl)c1Cl. The van der Waals surface area contributed by atoms with Gasteiger partial charge in [-0.2, -0.15) is 5.10 Å². The van der Waals surface area contributed by atoms with E-state index in [4.69, 9.17) is 35.4 Å². The van der Waals surface area contributed by atoms with E-state index in [-0.39, 0.29) is 10.1 Å². The summed E-state index contributed by atoms with van der Waals surface area (Å²) in [4.78, 5) is 0. The van der Waals surface area contributed by atoms with Crippen LogP contribution in [0.3, 0.4) is 0 Å². The number of thiocarbonyl (C=S) groups is 1. The van der Waals surface area contributed by atoms with Crippen LogP contribution in [0.25, 0.3) is 0 Å². The van der Waals surface area contributed by atoms with Gasteiger partial charge in [-0.1, -0.05) is 29.3 Å². The number of hydrogen-bond donors (Lipinski definition) is 2. The molecule has 0 unspecified atom stereocenters. The topological polar surface area (TPSA) is 41.9 Å². The molecule has 0 saturated heterocycles. The Balaban J connectivity index is 1.87. The molecule has 0 aliphatic carbocycles. The zero-order valence-corrected chi connectivity index (χ0v) is 18.2. The van der Waals surface area contributed by atoms with Crippen LogP contribution in [0.1, 0.15) is 17.0 Å². The van der Waals surface area contributed by atoms with Crippen molar-refractivity contribution in [1.29, 1.82) is 0 Å².